The Morgan fingerprint density at radius 1 is 1.29 bits per heavy atom. The number of benzene rings is 2. The smallest absolute Gasteiger partial charge is 0.409 e. The van der Waals surface area contributed by atoms with Crippen LogP contribution in [-0.2, 0) is 14.8 Å². The van der Waals surface area contributed by atoms with Gasteiger partial charge in [0, 0.05) is 12.6 Å². The standard InChI is InChI=1S/C19H19ClFN3O6S/c1-10(22-11(2)25)18-9-24(31(28,29)13-4-5-15(21)14(20)8-13)16-7-12(23-19(26)27)3-6-17(16)30-18/h3-8,10,18,23H,9H2,1-2H3,(H,22,25)(H,26,27)/t10-,18+/m0/s1. The number of ether oxygens (including phenoxy) is 1. The van der Waals surface area contributed by atoms with Gasteiger partial charge in [-0.1, -0.05) is 11.6 Å². The fourth-order valence-corrected chi connectivity index (χ4v) is 4.89. The minimum Gasteiger partial charge on any atom is -0.484 e. The normalized spacial score (nSPS) is 16.6. The minimum absolute atomic E-state index is 0.0815. The van der Waals surface area contributed by atoms with Crippen LogP contribution in [0.5, 0.6) is 5.75 Å². The number of halogens is 2. The molecule has 12 heteroatoms. The molecular weight excluding hydrogens is 453 g/mol. The van der Waals surface area contributed by atoms with Crippen LogP contribution < -0.4 is 19.7 Å². The molecule has 0 spiro atoms. The third-order valence-corrected chi connectivity index (χ3v) is 6.64. The zero-order valence-corrected chi connectivity index (χ0v) is 18.0. The summed E-state index contributed by atoms with van der Waals surface area (Å²) in [6.45, 7) is 2.80. The molecule has 0 aromatic heterocycles. The van der Waals surface area contributed by atoms with Crippen LogP contribution in [0.2, 0.25) is 5.02 Å². The largest absolute Gasteiger partial charge is 0.484 e. The molecule has 166 valence electrons. The molecule has 0 unspecified atom stereocenters. The summed E-state index contributed by atoms with van der Waals surface area (Å²) in [5.74, 6) is -0.920. The number of hydrogen-bond donors (Lipinski definition) is 3. The number of hydrogen-bond acceptors (Lipinski definition) is 5. The van der Waals surface area contributed by atoms with Crippen LogP contribution in [0.15, 0.2) is 41.3 Å². The Balaban J connectivity index is 2.09. The Labute approximate surface area is 182 Å². The summed E-state index contributed by atoms with van der Waals surface area (Å²) < 4.78 is 47.3. The lowest BCUT2D eigenvalue weighted by molar-refractivity contribution is -0.120. The van der Waals surface area contributed by atoms with Crippen molar-refractivity contribution in [2.75, 3.05) is 16.2 Å². The van der Waals surface area contributed by atoms with Gasteiger partial charge in [-0.15, -0.1) is 0 Å². The molecule has 2 aromatic rings. The SMILES string of the molecule is CC(=O)N[C@@H](C)[C@H]1CN(S(=O)(=O)c2ccc(F)c(Cl)c2)c2cc(NC(=O)O)ccc2O1. The second-order valence-corrected chi connectivity index (χ2v) is 9.14. The van der Waals surface area contributed by atoms with Crippen molar-refractivity contribution in [1.82, 2.24) is 5.32 Å². The number of nitrogens with one attached hydrogen (secondary N) is 2. The lowest BCUT2D eigenvalue weighted by Crippen LogP contribution is -2.52. The fourth-order valence-electron chi connectivity index (χ4n) is 3.14. The predicted octanol–water partition coefficient (Wildman–Crippen LogP) is 3.05. The van der Waals surface area contributed by atoms with Gasteiger partial charge in [0.05, 0.1) is 28.2 Å². The first-order valence-corrected chi connectivity index (χ1v) is 10.9. The summed E-state index contributed by atoms with van der Waals surface area (Å²) in [6.07, 6.45) is -2.08. The Hall–Kier alpha value is -3.05. The van der Waals surface area contributed by atoms with Gasteiger partial charge >= 0.3 is 6.09 Å². The maximum atomic E-state index is 13.6. The van der Waals surface area contributed by atoms with Gasteiger partial charge in [-0.25, -0.2) is 17.6 Å². The number of carbonyl (C=O) groups excluding carboxylic acids is 1. The van der Waals surface area contributed by atoms with Crippen molar-refractivity contribution < 1.29 is 32.2 Å². The molecular formula is C19H19ClFN3O6S. The van der Waals surface area contributed by atoms with E-state index in [1.807, 2.05) is 0 Å². The van der Waals surface area contributed by atoms with E-state index in [0.717, 1.165) is 22.5 Å². The lowest BCUT2D eigenvalue weighted by atomic mass is 10.1. The van der Waals surface area contributed by atoms with Gasteiger partial charge < -0.3 is 15.2 Å². The van der Waals surface area contributed by atoms with Crippen LogP contribution >= 0.6 is 11.6 Å². The molecule has 2 aromatic carbocycles. The molecule has 2 atom stereocenters. The molecule has 0 radical (unpaired) electrons. The molecule has 0 saturated carbocycles. The average Bonchev–Trinajstić information content (AvgIpc) is 2.68. The molecule has 0 saturated heterocycles. The zero-order valence-electron chi connectivity index (χ0n) is 16.4. The van der Waals surface area contributed by atoms with E-state index >= 15 is 0 Å². The van der Waals surface area contributed by atoms with Gasteiger partial charge in [-0.05, 0) is 43.3 Å². The third-order valence-electron chi connectivity index (χ3n) is 4.57. The first kappa shape index (κ1) is 22.6. The van der Waals surface area contributed by atoms with Crippen LogP contribution in [0.1, 0.15) is 13.8 Å². The lowest BCUT2D eigenvalue weighted by Gasteiger charge is -2.38. The average molecular weight is 472 g/mol. The number of rotatable bonds is 5. The summed E-state index contributed by atoms with van der Waals surface area (Å²) in [7, 11) is -4.24. The highest BCUT2D eigenvalue weighted by Gasteiger charge is 2.37. The molecule has 2 amide bonds. The van der Waals surface area contributed by atoms with Gasteiger partial charge in [-0.2, -0.15) is 0 Å². The molecule has 3 rings (SSSR count). The number of fused-ring (bicyclic) bond motifs is 1. The maximum absolute atomic E-state index is 13.6. The van der Waals surface area contributed by atoms with E-state index in [0.29, 0.717) is 0 Å². The van der Waals surface area contributed by atoms with E-state index in [-0.39, 0.29) is 39.5 Å². The summed E-state index contributed by atoms with van der Waals surface area (Å²) in [5.41, 5.74) is 0.207. The van der Waals surface area contributed by atoms with E-state index in [1.54, 1.807) is 6.92 Å². The maximum Gasteiger partial charge on any atom is 0.409 e. The van der Waals surface area contributed by atoms with E-state index in [4.69, 9.17) is 21.4 Å². The number of amides is 2. The second-order valence-electron chi connectivity index (χ2n) is 6.87. The quantitative estimate of drug-likeness (QED) is 0.615. The van der Waals surface area contributed by atoms with Gasteiger partial charge in [0.15, 0.2) is 0 Å². The summed E-state index contributed by atoms with van der Waals surface area (Å²) in [4.78, 5) is 22.2. The van der Waals surface area contributed by atoms with Crippen molar-refractivity contribution >= 4 is 45.0 Å². The zero-order chi connectivity index (χ0) is 22.9. The highest BCUT2D eigenvalue weighted by molar-refractivity contribution is 7.92. The first-order chi connectivity index (χ1) is 14.5. The van der Waals surface area contributed by atoms with E-state index < -0.39 is 34.1 Å². The van der Waals surface area contributed by atoms with Crippen molar-refractivity contribution in [2.24, 2.45) is 0 Å². The van der Waals surface area contributed by atoms with Crippen LogP contribution in [0.25, 0.3) is 0 Å². The topological polar surface area (TPSA) is 125 Å². The predicted molar refractivity (Wildman–Crippen MR) is 112 cm³/mol. The third kappa shape index (κ3) is 4.83. The summed E-state index contributed by atoms with van der Waals surface area (Å²) in [5, 5.41) is 13.4. The number of carbonyl (C=O) groups is 2. The summed E-state index contributed by atoms with van der Waals surface area (Å²) >= 11 is 5.77. The molecule has 1 aliphatic heterocycles. The minimum atomic E-state index is -4.24. The molecule has 3 N–H and O–H groups in total. The second kappa shape index (κ2) is 8.60. The van der Waals surface area contributed by atoms with Crippen molar-refractivity contribution in [1.29, 1.82) is 0 Å². The Kier molecular flexibility index (Phi) is 6.27. The molecule has 1 heterocycles. The van der Waals surface area contributed by atoms with E-state index in [2.05, 4.69) is 10.6 Å². The Morgan fingerprint density at radius 2 is 2.00 bits per heavy atom. The van der Waals surface area contributed by atoms with E-state index in [9.17, 15) is 22.4 Å². The molecule has 9 nitrogen and oxygen atoms in total. The van der Waals surface area contributed by atoms with Gasteiger partial charge in [0.25, 0.3) is 10.0 Å². The van der Waals surface area contributed by atoms with Gasteiger partial charge in [-0.3, -0.25) is 14.4 Å². The first-order valence-electron chi connectivity index (χ1n) is 9.04. The fraction of sp³-hybridized carbons (Fsp3) is 0.263. The number of carboxylic acid groups (broad SMARTS) is 1. The molecule has 1 aliphatic rings. The Bertz CT molecular complexity index is 1140. The number of sulfonamides is 1. The highest BCUT2D eigenvalue weighted by atomic mass is 35.5. The molecule has 0 aliphatic carbocycles. The van der Waals surface area contributed by atoms with Crippen LogP contribution in [-0.4, -0.2) is 44.2 Å². The Morgan fingerprint density at radius 3 is 2.61 bits per heavy atom. The van der Waals surface area contributed by atoms with Crippen LogP contribution in [0.3, 0.4) is 0 Å². The van der Waals surface area contributed by atoms with Gasteiger partial charge in [0.1, 0.15) is 17.7 Å². The molecule has 31 heavy (non-hydrogen) atoms. The monoisotopic (exact) mass is 471 g/mol. The number of anilines is 2. The molecule has 0 bridgehead atoms. The highest BCUT2D eigenvalue weighted by Crippen LogP contribution is 2.39. The van der Waals surface area contributed by atoms with Crippen molar-refractivity contribution in [2.45, 2.75) is 30.9 Å². The summed E-state index contributed by atoms with van der Waals surface area (Å²) in [6, 6.07) is 6.62. The van der Waals surface area contributed by atoms with E-state index in [1.165, 1.54) is 25.1 Å². The van der Waals surface area contributed by atoms with Crippen LogP contribution in [0.4, 0.5) is 20.6 Å². The van der Waals surface area contributed by atoms with Crippen molar-refractivity contribution in [3.05, 3.63) is 47.2 Å². The molecule has 0 fully saturated rings. The number of nitrogens with zero attached hydrogens (tertiary/aromatic N) is 1. The van der Waals surface area contributed by atoms with Crippen LogP contribution in [0, 0.1) is 5.82 Å². The van der Waals surface area contributed by atoms with Crippen molar-refractivity contribution in [3.8, 4) is 5.75 Å². The van der Waals surface area contributed by atoms with Gasteiger partial charge in [0.2, 0.25) is 5.91 Å². The van der Waals surface area contributed by atoms with Crippen molar-refractivity contribution in [3.63, 3.8) is 0 Å².